The molecule has 13 heavy (non-hydrogen) atoms. The van der Waals surface area contributed by atoms with E-state index in [4.69, 9.17) is 0 Å². The van der Waals surface area contributed by atoms with E-state index < -0.39 is 9.84 Å². The molecular weight excluding hydrogens is 186 g/mol. The summed E-state index contributed by atoms with van der Waals surface area (Å²) in [6.45, 7) is 1.12. The lowest BCUT2D eigenvalue weighted by molar-refractivity contribution is 0.444. The minimum Gasteiger partial charge on any atom is -0.314 e. The molecule has 2 saturated heterocycles. The molecule has 0 radical (unpaired) electrons. The summed E-state index contributed by atoms with van der Waals surface area (Å²) in [5, 5.41) is 3.42. The minimum atomic E-state index is -2.66. The molecule has 2 aliphatic heterocycles. The van der Waals surface area contributed by atoms with E-state index in [2.05, 4.69) is 5.32 Å². The van der Waals surface area contributed by atoms with Crippen molar-refractivity contribution in [1.29, 1.82) is 0 Å². The van der Waals surface area contributed by atoms with Gasteiger partial charge in [0.2, 0.25) is 0 Å². The van der Waals surface area contributed by atoms with Gasteiger partial charge in [-0.1, -0.05) is 0 Å². The molecule has 0 amide bonds. The van der Waals surface area contributed by atoms with Gasteiger partial charge in [0.25, 0.3) is 0 Å². The third-order valence-corrected chi connectivity index (χ3v) is 4.94. The molecule has 2 aliphatic rings. The second-order valence-corrected chi connectivity index (χ2v) is 6.53. The van der Waals surface area contributed by atoms with Crippen LogP contribution in [0.3, 0.4) is 0 Å². The van der Waals surface area contributed by atoms with Crippen molar-refractivity contribution in [2.75, 3.05) is 18.1 Å². The summed E-state index contributed by atoms with van der Waals surface area (Å²) in [4.78, 5) is 0. The van der Waals surface area contributed by atoms with Crippen molar-refractivity contribution >= 4 is 9.84 Å². The highest BCUT2D eigenvalue weighted by Crippen LogP contribution is 2.25. The van der Waals surface area contributed by atoms with Crippen molar-refractivity contribution in [1.82, 2.24) is 5.32 Å². The smallest absolute Gasteiger partial charge is 0.150 e. The average molecular weight is 203 g/mol. The van der Waals surface area contributed by atoms with Crippen LogP contribution >= 0.6 is 0 Å². The molecule has 4 heteroatoms. The molecule has 3 nitrogen and oxygen atoms in total. The van der Waals surface area contributed by atoms with E-state index in [1.165, 1.54) is 12.8 Å². The van der Waals surface area contributed by atoms with Crippen molar-refractivity contribution in [3.8, 4) is 0 Å². The van der Waals surface area contributed by atoms with Crippen LogP contribution in [0.1, 0.15) is 25.7 Å². The van der Waals surface area contributed by atoms with Gasteiger partial charge in [0.15, 0.2) is 9.84 Å². The molecular formula is C9H17NO2S. The van der Waals surface area contributed by atoms with Crippen LogP contribution in [0.2, 0.25) is 0 Å². The Labute approximate surface area is 79.8 Å². The Morgan fingerprint density at radius 2 is 2.15 bits per heavy atom. The first-order valence-corrected chi connectivity index (χ1v) is 6.92. The lowest BCUT2D eigenvalue weighted by atomic mass is 9.98. The van der Waals surface area contributed by atoms with Crippen LogP contribution in [0.5, 0.6) is 0 Å². The summed E-state index contributed by atoms with van der Waals surface area (Å²) in [6, 6.07) is 0.596. The first-order chi connectivity index (χ1) is 6.16. The lowest BCUT2D eigenvalue weighted by Gasteiger charge is -2.13. The monoisotopic (exact) mass is 203 g/mol. The van der Waals surface area contributed by atoms with E-state index in [1.807, 2.05) is 0 Å². The molecule has 0 aliphatic carbocycles. The van der Waals surface area contributed by atoms with Crippen LogP contribution < -0.4 is 5.32 Å². The average Bonchev–Trinajstić information content (AvgIpc) is 2.61. The second kappa shape index (κ2) is 3.58. The lowest BCUT2D eigenvalue weighted by Crippen LogP contribution is -2.24. The molecule has 2 heterocycles. The van der Waals surface area contributed by atoms with E-state index in [1.54, 1.807) is 0 Å². The van der Waals surface area contributed by atoms with E-state index in [0.717, 1.165) is 19.4 Å². The third kappa shape index (κ3) is 2.44. The second-order valence-electron chi connectivity index (χ2n) is 4.30. The van der Waals surface area contributed by atoms with Crippen molar-refractivity contribution in [2.45, 2.75) is 31.7 Å². The largest absolute Gasteiger partial charge is 0.314 e. The van der Waals surface area contributed by atoms with Crippen LogP contribution in [-0.4, -0.2) is 32.5 Å². The normalized spacial score (nSPS) is 38.2. The van der Waals surface area contributed by atoms with Gasteiger partial charge in [-0.25, -0.2) is 8.42 Å². The van der Waals surface area contributed by atoms with E-state index in [0.29, 0.717) is 23.5 Å². The number of rotatable bonds is 2. The molecule has 2 atom stereocenters. The van der Waals surface area contributed by atoms with Gasteiger partial charge in [0.05, 0.1) is 11.5 Å². The molecule has 0 saturated carbocycles. The summed E-state index contributed by atoms with van der Waals surface area (Å²) in [7, 11) is -2.66. The number of sulfone groups is 1. The fourth-order valence-corrected chi connectivity index (χ4v) is 4.30. The zero-order valence-electron chi connectivity index (χ0n) is 7.83. The maximum atomic E-state index is 11.2. The van der Waals surface area contributed by atoms with Gasteiger partial charge in [-0.05, 0) is 38.1 Å². The van der Waals surface area contributed by atoms with Gasteiger partial charge in [0.1, 0.15) is 0 Å². The van der Waals surface area contributed by atoms with E-state index in [-0.39, 0.29) is 0 Å². The van der Waals surface area contributed by atoms with Crippen molar-refractivity contribution in [2.24, 2.45) is 5.92 Å². The molecule has 0 spiro atoms. The Morgan fingerprint density at radius 1 is 1.31 bits per heavy atom. The quantitative estimate of drug-likeness (QED) is 0.713. The van der Waals surface area contributed by atoms with Crippen molar-refractivity contribution in [3.63, 3.8) is 0 Å². The predicted octanol–water partition coefficient (Wildman–Crippen LogP) is 0.563. The summed E-state index contributed by atoms with van der Waals surface area (Å²) in [5.41, 5.74) is 0. The minimum absolute atomic E-state index is 0.421. The van der Waals surface area contributed by atoms with Gasteiger partial charge >= 0.3 is 0 Å². The first-order valence-electron chi connectivity index (χ1n) is 5.09. The van der Waals surface area contributed by atoms with Crippen LogP contribution in [-0.2, 0) is 9.84 Å². The molecule has 1 N–H and O–H groups in total. The molecule has 2 rings (SSSR count). The van der Waals surface area contributed by atoms with Gasteiger partial charge in [-0.3, -0.25) is 0 Å². The van der Waals surface area contributed by atoms with Gasteiger partial charge in [-0.15, -0.1) is 0 Å². The SMILES string of the molecule is O=S1(=O)CCC(CC2CCCN2)C1. The maximum Gasteiger partial charge on any atom is 0.150 e. The Morgan fingerprint density at radius 3 is 2.69 bits per heavy atom. The van der Waals surface area contributed by atoms with E-state index >= 15 is 0 Å². The highest BCUT2D eigenvalue weighted by atomic mass is 32.2. The van der Waals surface area contributed by atoms with Crippen molar-refractivity contribution < 1.29 is 8.42 Å². The van der Waals surface area contributed by atoms with Gasteiger partial charge in [-0.2, -0.15) is 0 Å². The summed E-state index contributed by atoms with van der Waals surface area (Å²) >= 11 is 0. The fourth-order valence-electron chi connectivity index (χ4n) is 2.42. The number of hydrogen-bond donors (Lipinski definition) is 1. The molecule has 2 unspecified atom stereocenters. The first kappa shape index (κ1) is 9.46. The molecule has 0 aromatic rings. The Balaban J connectivity index is 1.83. The van der Waals surface area contributed by atoms with Crippen LogP contribution in [0.4, 0.5) is 0 Å². The van der Waals surface area contributed by atoms with Crippen LogP contribution in [0, 0.1) is 5.92 Å². The number of nitrogens with one attached hydrogen (secondary N) is 1. The molecule has 2 fully saturated rings. The Kier molecular flexibility index (Phi) is 2.60. The zero-order valence-corrected chi connectivity index (χ0v) is 8.65. The summed E-state index contributed by atoms with van der Waals surface area (Å²) in [6.07, 6.45) is 4.44. The summed E-state index contributed by atoms with van der Waals surface area (Å²) < 4.78 is 22.4. The highest BCUT2D eigenvalue weighted by Gasteiger charge is 2.30. The van der Waals surface area contributed by atoms with Gasteiger partial charge < -0.3 is 5.32 Å². The van der Waals surface area contributed by atoms with Crippen LogP contribution in [0.15, 0.2) is 0 Å². The predicted molar refractivity (Wildman–Crippen MR) is 52.4 cm³/mol. The topological polar surface area (TPSA) is 46.2 Å². The summed E-state index contributed by atoms with van der Waals surface area (Å²) in [5.74, 6) is 1.29. The molecule has 76 valence electrons. The molecule has 0 bridgehead atoms. The highest BCUT2D eigenvalue weighted by molar-refractivity contribution is 7.91. The zero-order chi connectivity index (χ0) is 9.31. The van der Waals surface area contributed by atoms with Gasteiger partial charge in [0, 0.05) is 6.04 Å². The van der Waals surface area contributed by atoms with E-state index in [9.17, 15) is 8.42 Å². The Bertz CT molecular complexity index is 267. The van der Waals surface area contributed by atoms with Crippen molar-refractivity contribution in [3.05, 3.63) is 0 Å². The third-order valence-electron chi connectivity index (χ3n) is 3.11. The number of hydrogen-bond acceptors (Lipinski definition) is 3. The molecule has 0 aromatic heterocycles. The molecule has 0 aromatic carbocycles. The maximum absolute atomic E-state index is 11.2. The van der Waals surface area contributed by atoms with Crippen LogP contribution in [0.25, 0.3) is 0 Å². The fraction of sp³-hybridized carbons (Fsp3) is 1.00. The Hall–Kier alpha value is -0.0900. The standard InChI is InChI=1S/C9H17NO2S/c11-13(12)5-3-8(7-13)6-9-2-1-4-10-9/h8-10H,1-7H2.